The number of hydrogen-bond acceptors (Lipinski definition) is 13. The molecule has 6 rings (SSSR count). The number of aliphatic hydroxyl groups is 9. The Kier molecular flexibility index (Phi) is 12.2. The predicted molar refractivity (Wildman–Crippen MR) is 201 cm³/mol. The van der Waals surface area contributed by atoms with Crippen LogP contribution in [0.5, 0.6) is 0 Å². The third-order valence-corrected chi connectivity index (χ3v) is 16.5. The first-order chi connectivity index (χ1) is 25.5. The number of rotatable bonds is 9. The smallest absolute Gasteiger partial charge is 0.187 e. The zero-order valence-corrected chi connectivity index (χ0v) is 34.4. The van der Waals surface area contributed by atoms with Crippen molar-refractivity contribution in [1.82, 2.24) is 0 Å². The maximum Gasteiger partial charge on any atom is 0.187 e. The second-order valence-corrected chi connectivity index (χ2v) is 20.3. The quantitative estimate of drug-likeness (QED) is 0.121. The largest absolute Gasteiger partial charge is 0.394 e. The molecule has 55 heavy (non-hydrogen) atoms. The third kappa shape index (κ3) is 7.10. The molecule has 13 heteroatoms. The minimum Gasteiger partial charge on any atom is -0.394 e. The van der Waals surface area contributed by atoms with E-state index in [1.54, 1.807) is 0 Å². The van der Waals surface area contributed by atoms with Crippen molar-refractivity contribution in [3.05, 3.63) is 11.6 Å². The summed E-state index contributed by atoms with van der Waals surface area (Å²) in [6.45, 7) is 17.8. The second-order valence-electron chi connectivity index (χ2n) is 20.3. The van der Waals surface area contributed by atoms with E-state index in [-0.39, 0.29) is 23.7 Å². The number of allylic oxidation sites excluding steroid dienone is 2. The fourth-order valence-electron chi connectivity index (χ4n) is 13.3. The molecule has 318 valence electrons. The first kappa shape index (κ1) is 43.8. The molecule has 2 saturated heterocycles. The van der Waals surface area contributed by atoms with Gasteiger partial charge in [0.25, 0.3) is 0 Å². The Morgan fingerprint density at radius 2 is 1.49 bits per heavy atom. The standard InChI is InChI=1S/C42H72O13/c1-20(2)11-10-14-42(9,51)22-12-16-40(7)28(22)23(44)17-26-39(6)15-13-27(45)38(4,5)35(39)24(18-41(26,40)8)53-37-34(32(49)30(47)25(19-43)54-37)55-36-33(50)31(48)29(46)21(3)52-36/h11,21-37,43-51H,10,12-19H2,1-9H3/t21-,22-,23+,24-,25+,26+,27-,28-,29-,30+,31+,32-,33+,34-,35-,36-,37+,39+,40+,41+,42-/m0/s1. The molecule has 2 aliphatic heterocycles. The SMILES string of the molecule is CC(C)=CCC[C@](C)(O)[C@H]1CC[C@]2(C)[C@@H]1[C@H](O)C[C@@H]1[C@@]3(C)CC[C@H](O)C(C)(C)[C@@H]3[C@@H](O[C@@H]3O[C@H](CO)[C@@H](O)[C@H](O)[C@@H]3O[C@@H]3O[C@@H](C)[C@H](O)[C@@H](O)[C@H]3O)C[C@]12C. The minimum absolute atomic E-state index is 0.0411. The number of ether oxygens (including phenoxy) is 4. The number of hydrogen-bond donors (Lipinski definition) is 9. The maximum absolute atomic E-state index is 12.3. The Balaban J connectivity index is 1.38. The molecule has 0 radical (unpaired) electrons. The summed E-state index contributed by atoms with van der Waals surface area (Å²) in [7, 11) is 0. The molecule has 0 spiro atoms. The summed E-state index contributed by atoms with van der Waals surface area (Å²) >= 11 is 0. The van der Waals surface area contributed by atoms with Crippen LogP contribution >= 0.6 is 0 Å². The Bertz CT molecular complexity index is 1390. The average molecular weight is 785 g/mol. The number of aliphatic hydroxyl groups excluding tert-OH is 8. The summed E-state index contributed by atoms with van der Waals surface area (Å²) in [6, 6.07) is 0. The highest BCUT2D eigenvalue weighted by Gasteiger charge is 2.73. The van der Waals surface area contributed by atoms with Crippen molar-refractivity contribution in [1.29, 1.82) is 0 Å². The van der Waals surface area contributed by atoms with Crippen molar-refractivity contribution in [2.75, 3.05) is 6.61 Å². The lowest BCUT2D eigenvalue weighted by molar-refractivity contribution is -0.382. The molecule has 6 fully saturated rings. The fourth-order valence-corrected chi connectivity index (χ4v) is 13.3. The normalized spacial score (nSPS) is 53.4. The summed E-state index contributed by atoms with van der Waals surface area (Å²) in [4.78, 5) is 0. The van der Waals surface area contributed by atoms with Gasteiger partial charge < -0.3 is 64.9 Å². The molecule has 4 saturated carbocycles. The van der Waals surface area contributed by atoms with Crippen molar-refractivity contribution < 1.29 is 64.9 Å². The molecule has 6 aliphatic rings. The lowest BCUT2D eigenvalue weighted by atomic mass is 9.34. The highest BCUT2D eigenvalue weighted by Crippen LogP contribution is 2.76. The predicted octanol–water partition coefficient (Wildman–Crippen LogP) is 2.15. The lowest BCUT2D eigenvalue weighted by Crippen LogP contribution is -2.71. The molecule has 0 aromatic heterocycles. The van der Waals surface area contributed by atoms with E-state index in [1.807, 2.05) is 20.8 Å². The van der Waals surface area contributed by atoms with Gasteiger partial charge in [-0.3, -0.25) is 0 Å². The van der Waals surface area contributed by atoms with Gasteiger partial charge in [-0.05, 0) is 124 Å². The van der Waals surface area contributed by atoms with Crippen LogP contribution in [-0.4, -0.2) is 138 Å². The Labute approximate surface area is 327 Å². The second kappa shape index (κ2) is 15.4. The van der Waals surface area contributed by atoms with Gasteiger partial charge in [0.2, 0.25) is 0 Å². The van der Waals surface area contributed by atoms with Crippen LogP contribution in [0.2, 0.25) is 0 Å². The van der Waals surface area contributed by atoms with E-state index in [2.05, 4.69) is 40.7 Å². The molecule has 0 aromatic carbocycles. The molecule has 4 aliphatic carbocycles. The van der Waals surface area contributed by atoms with Crippen molar-refractivity contribution >= 4 is 0 Å². The molecular formula is C42H72O13. The van der Waals surface area contributed by atoms with Crippen molar-refractivity contribution in [3.8, 4) is 0 Å². The van der Waals surface area contributed by atoms with E-state index < -0.39 is 114 Å². The van der Waals surface area contributed by atoms with Crippen LogP contribution in [0, 0.1) is 45.3 Å². The van der Waals surface area contributed by atoms with Crippen LogP contribution in [-0.2, 0) is 18.9 Å². The Hall–Kier alpha value is -0.780. The van der Waals surface area contributed by atoms with Crippen molar-refractivity contribution in [2.24, 2.45) is 45.3 Å². The van der Waals surface area contributed by atoms with Crippen LogP contribution in [0.1, 0.15) is 114 Å². The summed E-state index contributed by atoms with van der Waals surface area (Å²) < 4.78 is 25.1. The van der Waals surface area contributed by atoms with E-state index in [0.29, 0.717) is 32.1 Å². The van der Waals surface area contributed by atoms with Gasteiger partial charge in [0.05, 0.1) is 36.6 Å². The van der Waals surface area contributed by atoms with Crippen LogP contribution < -0.4 is 0 Å². The summed E-state index contributed by atoms with van der Waals surface area (Å²) in [5.74, 6) is -0.526. The maximum atomic E-state index is 12.3. The zero-order chi connectivity index (χ0) is 40.8. The summed E-state index contributed by atoms with van der Waals surface area (Å²) in [5, 5.41) is 100. The Morgan fingerprint density at radius 3 is 2.13 bits per heavy atom. The zero-order valence-electron chi connectivity index (χ0n) is 34.4. The van der Waals surface area contributed by atoms with E-state index in [0.717, 1.165) is 19.3 Å². The van der Waals surface area contributed by atoms with Crippen LogP contribution in [0.3, 0.4) is 0 Å². The average Bonchev–Trinajstić information content (AvgIpc) is 3.49. The van der Waals surface area contributed by atoms with Crippen LogP contribution in [0.15, 0.2) is 11.6 Å². The molecular weight excluding hydrogens is 712 g/mol. The molecule has 0 amide bonds. The van der Waals surface area contributed by atoms with Gasteiger partial charge in [-0.1, -0.05) is 46.3 Å². The van der Waals surface area contributed by atoms with Gasteiger partial charge in [0, 0.05) is 0 Å². The fraction of sp³-hybridized carbons (Fsp3) is 0.952. The van der Waals surface area contributed by atoms with Crippen LogP contribution in [0.4, 0.5) is 0 Å². The molecule has 21 atom stereocenters. The molecule has 0 bridgehead atoms. The number of fused-ring (bicyclic) bond motifs is 5. The molecule has 0 aromatic rings. The van der Waals surface area contributed by atoms with Gasteiger partial charge in [-0.15, -0.1) is 0 Å². The minimum atomic E-state index is -1.70. The first-order valence-corrected chi connectivity index (χ1v) is 20.8. The van der Waals surface area contributed by atoms with Gasteiger partial charge in [0.15, 0.2) is 12.6 Å². The molecule has 13 nitrogen and oxygen atoms in total. The van der Waals surface area contributed by atoms with Crippen LogP contribution in [0.25, 0.3) is 0 Å². The van der Waals surface area contributed by atoms with Crippen molar-refractivity contribution in [3.63, 3.8) is 0 Å². The van der Waals surface area contributed by atoms with E-state index in [9.17, 15) is 46.0 Å². The van der Waals surface area contributed by atoms with Gasteiger partial charge in [0.1, 0.15) is 42.7 Å². The summed E-state index contributed by atoms with van der Waals surface area (Å²) in [5.41, 5.74) is -1.71. The van der Waals surface area contributed by atoms with E-state index in [4.69, 9.17) is 18.9 Å². The van der Waals surface area contributed by atoms with Gasteiger partial charge in [-0.25, -0.2) is 0 Å². The first-order valence-electron chi connectivity index (χ1n) is 20.8. The monoisotopic (exact) mass is 784 g/mol. The van der Waals surface area contributed by atoms with Gasteiger partial charge in [-0.2, -0.15) is 0 Å². The van der Waals surface area contributed by atoms with Gasteiger partial charge >= 0.3 is 0 Å². The molecule has 9 N–H and O–H groups in total. The van der Waals surface area contributed by atoms with E-state index in [1.165, 1.54) is 12.5 Å². The van der Waals surface area contributed by atoms with E-state index >= 15 is 0 Å². The highest BCUT2D eigenvalue weighted by atomic mass is 16.8. The Morgan fingerprint density at radius 1 is 0.818 bits per heavy atom. The highest BCUT2D eigenvalue weighted by molar-refractivity contribution is 5.22. The van der Waals surface area contributed by atoms with Crippen molar-refractivity contribution in [2.45, 2.75) is 199 Å². The topological polar surface area (TPSA) is 219 Å². The third-order valence-electron chi connectivity index (χ3n) is 16.5. The molecule has 2 heterocycles. The lowest BCUT2D eigenvalue weighted by Gasteiger charge is -2.72. The molecule has 0 unspecified atom stereocenters. The summed E-state index contributed by atoms with van der Waals surface area (Å²) in [6.07, 6.45) is -8.99.